The second kappa shape index (κ2) is 7.77. The van der Waals surface area contributed by atoms with Crippen molar-refractivity contribution < 1.29 is 23.9 Å². The van der Waals surface area contributed by atoms with Gasteiger partial charge in [-0.05, 0) is 12.0 Å². The van der Waals surface area contributed by atoms with Gasteiger partial charge in [-0.1, -0.05) is 36.4 Å². The Morgan fingerprint density at radius 3 is 2.67 bits per heavy atom. The Hall–Kier alpha value is -2.63. The van der Waals surface area contributed by atoms with Crippen molar-refractivity contribution >= 4 is 17.8 Å². The summed E-state index contributed by atoms with van der Waals surface area (Å²) in [4.78, 5) is 38.2. The molecule has 0 bridgehead atoms. The highest BCUT2D eigenvalue weighted by molar-refractivity contribution is 6.05. The highest BCUT2D eigenvalue weighted by atomic mass is 16.6. The molecule has 0 aromatic heterocycles. The SMILES string of the molecule is C=CCC1(C(=O)OC)CN(C(=O)OCc2ccccc2)CCC1=O. The Morgan fingerprint density at radius 2 is 2.04 bits per heavy atom. The van der Waals surface area contributed by atoms with Gasteiger partial charge in [0.25, 0.3) is 0 Å². The zero-order valence-corrected chi connectivity index (χ0v) is 13.7. The minimum atomic E-state index is -1.39. The van der Waals surface area contributed by atoms with Crippen LogP contribution in [-0.4, -0.2) is 42.9 Å². The van der Waals surface area contributed by atoms with Gasteiger partial charge in [-0.25, -0.2) is 4.79 Å². The van der Waals surface area contributed by atoms with Crippen LogP contribution in [0.3, 0.4) is 0 Å². The van der Waals surface area contributed by atoms with E-state index in [1.807, 2.05) is 30.3 Å². The molecule has 6 heteroatoms. The molecule has 1 heterocycles. The number of ketones is 1. The lowest BCUT2D eigenvalue weighted by molar-refractivity contribution is -0.161. The van der Waals surface area contributed by atoms with Crippen LogP contribution in [0, 0.1) is 5.41 Å². The molecule has 1 aliphatic heterocycles. The molecule has 1 atom stereocenters. The van der Waals surface area contributed by atoms with Gasteiger partial charge < -0.3 is 14.4 Å². The molecule has 1 aromatic rings. The molecule has 1 unspecified atom stereocenters. The Balaban J connectivity index is 2.07. The first-order chi connectivity index (χ1) is 11.5. The maximum Gasteiger partial charge on any atom is 0.410 e. The zero-order valence-electron chi connectivity index (χ0n) is 13.7. The molecule has 1 aliphatic rings. The van der Waals surface area contributed by atoms with Crippen LogP contribution < -0.4 is 0 Å². The van der Waals surface area contributed by atoms with E-state index in [0.29, 0.717) is 0 Å². The number of carbonyl (C=O) groups excluding carboxylic acids is 3. The second-order valence-corrected chi connectivity index (χ2v) is 5.70. The lowest BCUT2D eigenvalue weighted by atomic mass is 9.76. The lowest BCUT2D eigenvalue weighted by Gasteiger charge is -2.38. The first-order valence-electron chi connectivity index (χ1n) is 7.72. The van der Waals surface area contributed by atoms with Crippen molar-refractivity contribution in [2.24, 2.45) is 5.41 Å². The van der Waals surface area contributed by atoms with Crippen molar-refractivity contribution in [3.8, 4) is 0 Å². The van der Waals surface area contributed by atoms with E-state index < -0.39 is 17.5 Å². The van der Waals surface area contributed by atoms with Gasteiger partial charge in [-0.2, -0.15) is 0 Å². The number of piperidine rings is 1. The fourth-order valence-electron chi connectivity index (χ4n) is 2.82. The summed E-state index contributed by atoms with van der Waals surface area (Å²) in [6.07, 6.45) is 1.15. The molecule has 0 N–H and O–H groups in total. The number of hydrogen-bond acceptors (Lipinski definition) is 5. The third kappa shape index (κ3) is 3.64. The average Bonchev–Trinajstić information content (AvgIpc) is 2.61. The number of likely N-dealkylation sites (tertiary alicyclic amines) is 1. The maximum absolute atomic E-state index is 12.3. The Kier molecular flexibility index (Phi) is 5.73. The number of allylic oxidation sites excluding steroid dienone is 1. The molecule has 24 heavy (non-hydrogen) atoms. The number of carbonyl (C=O) groups is 3. The van der Waals surface area contributed by atoms with Crippen LogP contribution in [-0.2, 0) is 25.7 Å². The van der Waals surface area contributed by atoms with Gasteiger partial charge in [-0.3, -0.25) is 9.59 Å². The minimum Gasteiger partial charge on any atom is -0.468 e. The van der Waals surface area contributed by atoms with Gasteiger partial charge in [0.1, 0.15) is 12.0 Å². The number of nitrogens with zero attached hydrogens (tertiary/aromatic N) is 1. The molecule has 1 amide bonds. The predicted octanol–water partition coefficient (Wildman–Crippen LogP) is 2.33. The number of ether oxygens (including phenoxy) is 2. The Labute approximate surface area is 141 Å². The van der Waals surface area contributed by atoms with E-state index >= 15 is 0 Å². The smallest absolute Gasteiger partial charge is 0.410 e. The molecule has 1 saturated heterocycles. The average molecular weight is 331 g/mol. The molecule has 0 aliphatic carbocycles. The summed E-state index contributed by atoms with van der Waals surface area (Å²) in [6, 6.07) is 9.29. The molecular formula is C18H21NO5. The van der Waals surface area contributed by atoms with Gasteiger partial charge in [-0.15, -0.1) is 6.58 Å². The summed E-state index contributed by atoms with van der Waals surface area (Å²) in [5.41, 5.74) is -0.523. The molecule has 6 nitrogen and oxygen atoms in total. The summed E-state index contributed by atoms with van der Waals surface area (Å²) >= 11 is 0. The molecule has 1 aromatic carbocycles. The van der Waals surface area contributed by atoms with Gasteiger partial charge in [0.15, 0.2) is 5.78 Å². The van der Waals surface area contributed by atoms with Crippen molar-refractivity contribution in [1.82, 2.24) is 4.90 Å². The largest absolute Gasteiger partial charge is 0.468 e. The molecule has 0 spiro atoms. The molecular weight excluding hydrogens is 310 g/mol. The van der Waals surface area contributed by atoms with Crippen LogP contribution in [0.1, 0.15) is 18.4 Å². The van der Waals surface area contributed by atoms with Crippen LogP contribution in [0.25, 0.3) is 0 Å². The fourth-order valence-corrected chi connectivity index (χ4v) is 2.82. The van der Waals surface area contributed by atoms with Crippen LogP contribution in [0.2, 0.25) is 0 Å². The Morgan fingerprint density at radius 1 is 1.33 bits per heavy atom. The molecule has 128 valence electrons. The Bertz CT molecular complexity index is 618. The quantitative estimate of drug-likeness (QED) is 0.470. The molecule has 0 radical (unpaired) electrons. The summed E-state index contributed by atoms with van der Waals surface area (Å²) in [7, 11) is 1.23. The normalized spacial score (nSPS) is 20.4. The summed E-state index contributed by atoms with van der Waals surface area (Å²) in [5, 5.41) is 0. The van der Waals surface area contributed by atoms with Crippen molar-refractivity contribution in [3.63, 3.8) is 0 Å². The number of methoxy groups -OCH3 is 1. The van der Waals surface area contributed by atoms with Gasteiger partial charge in [0, 0.05) is 19.5 Å². The summed E-state index contributed by atoms with van der Waals surface area (Å²) in [5.74, 6) is -0.880. The van der Waals surface area contributed by atoms with E-state index in [1.165, 1.54) is 18.1 Å². The summed E-state index contributed by atoms with van der Waals surface area (Å²) in [6.45, 7) is 3.91. The highest BCUT2D eigenvalue weighted by Crippen LogP contribution is 2.32. The van der Waals surface area contributed by atoms with Crippen LogP contribution in [0.15, 0.2) is 43.0 Å². The molecule has 1 fully saturated rings. The van der Waals surface area contributed by atoms with E-state index in [0.717, 1.165) is 5.56 Å². The van der Waals surface area contributed by atoms with Crippen LogP contribution >= 0.6 is 0 Å². The zero-order chi connectivity index (χ0) is 17.6. The first-order valence-corrected chi connectivity index (χ1v) is 7.72. The van der Waals surface area contributed by atoms with E-state index in [4.69, 9.17) is 9.47 Å². The third-order valence-electron chi connectivity index (χ3n) is 4.14. The number of benzene rings is 1. The molecule has 0 saturated carbocycles. The van der Waals surface area contributed by atoms with Crippen molar-refractivity contribution in [2.45, 2.75) is 19.4 Å². The maximum atomic E-state index is 12.3. The topological polar surface area (TPSA) is 72.9 Å². The van der Waals surface area contributed by atoms with E-state index in [2.05, 4.69) is 6.58 Å². The number of rotatable bonds is 5. The van der Waals surface area contributed by atoms with E-state index in [1.54, 1.807) is 0 Å². The minimum absolute atomic E-state index is 0.0574. The third-order valence-corrected chi connectivity index (χ3v) is 4.14. The van der Waals surface area contributed by atoms with E-state index in [9.17, 15) is 14.4 Å². The predicted molar refractivity (Wildman–Crippen MR) is 87.1 cm³/mol. The molecule has 2 rings (SSSR count). The summed E-state index contributed by atoms with van der Waals surface area (Å²) < 4.78 is 10.1. The van der Waals surface area contributed by atoms with Crippen LogP contribution in [0.5, 0.6) is 0 Å². The first kappa shape index (κ1) is 17.7. The van der Waals surface area contributed by atoms with Gasteiger partial charge in [0.05, 0.1) is 7.11 Å². The number of amides is 1. The second-order valence-electron chi connectivity index (χ2n) is 5.70. The van der Waals surface area contributed by atoms with Gasteiger partial charge >= 0.3 is 12.1 Å². The van der Waals surface area contributed by atoms with Crippen molar-refractivity contribution in [3.05, 3.63) is 48.6 Å². The monoisotopic (exact) mass is 331 g/mol. The lowest BCUT2D eigenvalue weighted by Crippen LogP contribution is -2.55. The number of hydrogen-bond donors (Lipinski definition) is 0. The van der Waals surface area contributed by atoms with Crippen LogP contribution in [0.4, 0.5) is 4.79 Å². The number of Topliss-reactive ketones (excluding diaryl/α,β-unsaturated/α-hetero) is 1. The van der Waals surface area contributed by atoms with E-state index in [-0.39, 0.29) is 38.3 Å². The fraction of sp³-hybridized carbons (Fsp3) is 0.389. The number of esters is 1. The standard InChI is InChI=1S/C18H21NO5/c1-3-10-18(16(21)23-2)13-19(11-9-15(18)20)17(22)24-12-14-7-5-4-6-8-14/h3-8H,1,9-13H2,2H3. The highest BCUT2D eigenvalue weighted by Gasteiger charge is 2.50. The van der Waals surface area contributed by atoms with Gasteiger partial charge in [0.2, 0.25) is 0 Å². The van der Waals surface area contributed by atoms with Crippen molar-refractivity contribution in [1.29, 1.82) is 0 Å². The van der Waals surface area contributed by atoms with Crippen molar-refractivity contribution in [2.75, 3.05) is 20.2 Å².